The largest absolute Gasteiger partial charge is 0.453 e. The molecular formula is C25H29NO5S. The number of carbonyl (C=O) groups excluding carboxylic acids is 1. The molecular weight excluding hydrogens is 426 g/mol. The van der Waals surface area contributed by atoms with Gasteiger partial charge >= 0.3 is 0 Å². The number of benzene rings is 1. The van der Waals surface area contributed by atoms with Crippen molar-refractivity contribution in [1.82, 2.24) is 0 Å². The maximum absolute atomic E-state index is 13.0. The number of hydrogen-bond acceptors (Lipinski definition) is 6. The summed E-state index contributed by atoms with van der Waals surface area (Å²) in [5.74, 6) is -0.249. The molecule has 1 aromatic heterocycles. The van der Waals surface area contributed by atoms with Gasteiger partial charge in [-0.25, -0.2) is 8.42 Å². The fourth-order valence-electron chi connectivity index (χ4n) is 4.77. The van der Waals surface area contributed by atoms with Crippen molar-refractivity contribution in [2.75, 3.05) is 5.75 Å². The average molecular weight is 456 g/mol. The molecule has 0 bridgehead atoms. The van der Waals surface area contributed by atoms with Crippen LogP contribution >= 0.6 is 0 Å². The summed E-state index contributed by atoms with van der Waals surface area (Å²) in [6.07, 6.45) is 6.11. The predicted octanol–water partition coefficient (Wildman–Crippen LogP) is 3.97. The smallest absolute Gasteiger partial charge is 0.218 e. The molecule has 1 N–H and O–H groups in total. The zero-order chi connectivity index (χ0) is 23.3. The Morgan fingerprint density at radius 1 is 1.28 bits per heavy atom. The van der Waals surface area contributed by atoms with Crippen LogP contribution < -0.4 is 0 Å². The van der Waals surface area contributed by atoms with E-state index in [1.807, 2.05) is 6.07 Å². The second kappa shape index (κ2) is 8.17. The molecule has 4 rings (SSSR count). The maximum atomic E-state index is 13.0. The highest BCUT2D eigenvalue weighted by Gasteiger charge is 2.34. The summed E-state index contributed by atoms with van der Waals surface area (Å²) in [5, 5.41) is 19.4. The van der Waals surface area contributed by atoms with Crippen LogP contribution in [0, 0.1) is 17.2 Å². The SMILES string of the molecule is CC(c1cc(C#N)c2c(c1CC(=O)CS(=O)(=O)c1cc(C(C)(C)O)co1)CCC2)C1CC1. The number of Topliss-reactive ketones (excluding diaryl/α,β-unsaturated/α-hetero) is 1. The van der Waals surface area contributed by atoms with Crippen LogP contribution in [0.3, 0.4) is 0 Å². The van der Waals surface area contributed by atoms with Crippen molar-refractivity contribution in [2.45, 2.75) is 75.9 Å². The molecule has 1 aromatic carbocycles. The van der Waals surface area contributed by atoms with Crippen LogP contribution in [0.1, 0.15) is 79.3 Å². The van der Waals surface area contributed by atoms with E-state index < -0.39 is 27.0 Å². The van der Waals surface area contributed by atoms with Gasteiger partial charge in [-0.15, -0.1) is 0 Å². The quantitative estimate of drug-likeness (QED) is 0.645. The lowest BCUT2D eigenvalue weighted by Gasteiger charge is -2.20. The van der Waals surface area contributed by atoms with Crippen molar-refractivity contribution in [3.8, 4) is 6.07 Å². The molecule has 2 aliphatic carbocycles. The molecule has 1 saturated carbocycles. The first-order valence-electron chi connectivity index (χ1n) is 11.1. The first-order valence-corrected chi connectivity index (χ1v) is 12.8. The van der Waals surface area contributed by atoms with Gasteiger partial charge < -0.3 is 9.52 Å². The number of rotatable bonds is 8. The van der Waals surface area contributed by atoms with Gasteiger partial charge in [0.25, 0.3) is 0 Å². The van der Waals surface area contributed by atoms with Crippen molar-refractivity contribution in [2.24, 2.45) is 5.92 Å². The molecule has 2 aliphatic rings. The minimum absolute atomic E-state index is 0.0404. The number of carbonyl (C=O) groups is 1. The van der Waals surface area contributed by atoms with Crippen LogP contribution in [-0.4, -0.2) is 25.1 Å². The lowest BCUT2D eigenvalue weighted by Crippen LogP contribution is -2.20. The molecule has 1 heterocycles. The number of ketones is 1. The van der Waals surface area contributed by atoms with Crippen LogP contribution in [0.2, 0.25) is 0 Å². The van der Waals surface area contributed by atoms with Crippen molar-refractivity contribution >= 4 is 15.6 Å². The maximum Gasteiger partial charge on any atom is 0.218 e. The fraction of sp³-hybridized carbons (Fsp3) is 0.520. The third-order valence-electron chi connectivity index (χ3n) is 6.81. The second-order valence-corrected chi connectivity index (χ2v) is 11.6. The lowest BCUT2D eigenvalue weighted by molar-refractivity contribution is -0.116. The molecule has 0 amide bonds. The molecule has 0 spiro atoms. The molecule has 170 valence electrons. The normalized spacial score (nSPS) is 17.1. The summed E-state index contributed by atoms with van der Waals surface area (Å²) in [5.41, 5.74) is 3.83. The summed E-state index contributed by atoms with van der Waals surface area (Å²) < 4.78 is 30.8. The van der Waals surface area contributed by atoms with E-state index >= 15 is 0 Å². The summed E-state index contributed by atoms with van der Waals surface area (Å²) in [6, 6.07) is 5.54. The summed E-state index contributed by atoms with van der Waals surface area (Å²) >= 11 is 0. The Labute approximate surface area is 189 Å². The summed E-state index contributed by atoms with van der Waals surface area (Å²) in [4.78, 5) is 13.0. The molecule has 0 saturated heterocycles. The highest BCUT2D eigenvalue weighted by molar-refractivity contribution is 7.92. The first kappa shape index (κ1) is 22.8. The highest BCUT2D eigenvalue weighted by atomic mass is 32.2. The third kappa shape index (κ3) is 4.39. The van der Waals surface area contributed by atoms with Gasteiger partial charge in [0.15, 0.2) is 5.78 Å². The van der Waals surface area contributed by atoms with Gasteiger partial charge in [0.1, 0.15) is 5.75 Å². The molecule has 1 unspecified atom stereocenters. The molecule has 1 atom stereocenters. The third-order valence-corrected chi connectivity index (χ3v) is 8.34. The van der Waals surface area contributed by atoms with E-state index in [1.165, 1.54) is 26.2 Å². The van der Waals surface area contributed by atoms with Crippen LogP contribution in [0.15, 0.2) is 27.9 Å². The van der Waals surface area contributed by atoms with Crippen LogP contribution in [0.4, 0.5) is 0 Å². The highest BCUT2D eigenvalue weighted by Crippen LogP contribution is 2.45. The van der Waals surface area contributed by atoms with Crippen molar-refractivity contribution < 1.29 is 22.7 Å². The topological polar surface area (TPSA) is 108 Å². The minimum atomic E-state index is -3.96. The van der Waals surface area contributed by atoms with Gasteiger partial charge in [0.2, 0.25) is 14.9 Å². The van der Waals surface area contributed by atoms with Crippen LogP contribution in [-0.2, 0) is 39.5 Å². The zero-order valence-electron chi connectivity index (χ0n) is 18.8. The van der Waals surface area contributed by atoms with Gasteiger partial charge in [-0.3, -0.25) is 4.79 Å². The molecule has 0 aliphatic heterocycles. The molecule has 1 fully saturated rings. The zero-order valence-corrected chi connectivity index (χ0v) is 19.6. The fourth-order valence-corrected chi connectivity index (χ4v) is 5.94. The number of hydrogen-bond donors (Lipinski definition) is 1. The molecule has 32 heavy (non-hydrogen) atoms. The van der Waals surface area contributed by atoms with E-state index in [2.05, 4.69) is 13.0 Å². The van der Waals surface area contributed by atoms with Crippen molar-refractivity contribution in [3.63, 3.8) is 0 Å². The van der Waals surface area contributed by atoms with Gasteiger partial charge in [0.05, 0.1) is 23.5 Å². The average Bonchev–Trinajstić information content (AvgIpc) is 3.21. The Bertz CT molecular complexity index is 1210. The molecule has 6 nitrogen and oxygen atoms in total. The van der Waals surface area contributed by atoms with Gasteiger partial charge in [-0.05, 0) is 86.1 Å². The van der Waals surface area contributed by atoms with E-state index in [-0.39, 0.29) is 17.4 Å². The van der Waals surface area contributed by atoms with Gasteiger partial charge in [0, 0.05) is 18.1 Å². The summed E-state index contributed by atoms with van der Waals surface area (Å²) in [7, 11) is -3.96. The Kier molecular flexibility index (Phi) is 5.81. The molecule has 0 radical (unpaired) electrons. The van der Waals surface area contributed by atoms with Gasteiger partial charge in [-0.1, -0.05) is 6.92 Å². The Morgan fingerprint density at radius 2 is 1.97 bits per heavy atom. The number of nitriles is 1. The minimum Gasteiger partial charge on any atom is -0.453 e. The van der Waals surface area contributed by atoms with E-state index in [0.29, 0.717) is 17.0 Å². The van der Waals surface area contributed by atoms with Crippen molar-refractivity contribution in [1.29, 1.82) is 5.26 Å². The number of fused-ring (bicyclic) bond motifs is 1. The Balaban J connectivity index is 1.62. The second-order valence-electron chi connectivity index (χ2n) is 9.73. The lowest BCUT2D eigenvalue weighted by atomic mass is 9.84. The molecule has 2 aromatic rings. The van der Waals surface area contributed by atoms with E-state index in [0.717, 1.165) is 54.4 Å². The van der Waals surface area contributed by atoms with E-state index in [9.17, 15) is 23.6 Å². The monoisotopic (exact) mass is 455 g/mol. The van der Waals surface area contributed by atoms with E-state index in [4.69, 9.17) is 4.42 Å². The first-order chi connectivity index (χ1) is 15.0. The number of nitrogens with zero attached hydrogens (tertiary/aromatic N) is 1. The van der Waals surface area contributed by atoms with Gasteiger partial charge in [-0.2, -0.15) is 5.26 Å². The molecule has 7 heteroatoms. The number of aliphatic hydroxyl groups is 1. The number of sulfone groups is 1. The van der Waals surface area contributed by atoms with Crippen LogP contribution in [0.5, 0.6) is 0 Å². The Morgan fingerprint density at radius 3 is 2.56 bits per heavy atom. The number of furan rings is 1. The van der Waals surface area contributed by atoms with Crippen molar-refractivity contribution in [3.05, 3.63) is 51.8 Å². The predicted molar refractivity (Wildman–Crippen MR) is 119 cm³/mol. The van der Waals surface area contributed by atoms with E-state index in [1.54, 1.807) is 0 Å². The summed E-state index contributed by atoms with van der Waals surface area (Å²) in [6.45, 7) is 5.21. The van der Waals surface area contributed by atoms with Crippen LogP contribution in [0.25, 0.3) is 0 Å². The Hall–Kier alpha value is -2.43. The standard InChI is InChI=1S/C25H29NO5S/c1-15(16-7-8-16)22-9-17(12-26)20-5-4-6-21(20)23(22)11-19(27)14-32(29,30)24-10-18(13-31-24)25(2,3)28/h9-10,13,15-16,28H,4-8,11,14H2,1-3H3.